The summed E-state index contributed by atoms with van der Waals surface area (Å²) < 4.78 is 14.8. The minimum atomic E-state index is -0.321. The van der Waals surface area contributed by atoms with Crippen molar-refractivity contribution in [2.24, 2.45) is 0 Å². The van der Waals surface area contributed by atoms with Crippen LogP contribution < -0.4 is 0 Å². The van der Waals surface area contributed by atoms with Gasteiger partial charge in [0, 0.05) is 13.1 Å². The van der Waals surface area contributed by atoms with Crippen LogP contribution in [0.15, 0.2) is 53.7 Å². The molecule has 0 radical (unpaired) electrons. The Morgan fingerprint density at radius 1 is 1.26 bits per heavy atom. The number of phenolic OH excluding ortho intramolecular Hbond substituents is 1. The number of hydrogen-bond donors (Lipinski definition) is 1. The van der Waals surface area contributed by atoms with Gasteiger partial charge in [0.1, 0.15) is 11.6 Å². The second-order valence-corrected chi connectivity index (χ2v) is 6.66. The zero-order valence-corrected chi connectivity index (χ0v) is 15.4. The van der Waals surface area contributed by atoms with E-state index >= 15 is 0 Å². The van der Waals surface area contributed by atoms with Crippen LogP contribution in [0.4, 0.5) is 4.39 Å². The quantitative estimate of drug-likeness (QED) is 0.628. The standard InChI is InChI=1S/C18H18FN5O2S/c1-2-23(11-13-4-3-5-14(19)10-13)17(26)12-27-18-20-21-22-24(18)15-6-8-16(25)9-7-15/h3-10,25H,2,11-12H2,1H3. The topological polar surface area (TPSA) is 84.1 Å². The predicted octanol–water partition coefficient (Wildman–Crippen LogP) is 2.65. The molecule has 0 aliphatic rings. The summed E-state index contributed by atoms with van der Waals surface area (Å²) >= 11 is 1.22. The van der Waals surface area contributed by atoms with Crippen LogP contribution in [-0.4, -0.2) is 48.4 Å². The summed E-state index contributed by atoms with van der Waals surface area (Å²) in [6, 6.07) is 12.7. The van der Waals surface area contributed by atoms with Crippen LogP contribution in [0.3, 0.4) is 0 Å². The maximum Gasteiger partial charge on any atom is 0.233 e. The van der Waals surface area contributed by atoms with E-state index in [4.69, 9.17) is 0 Å². The molecule has 0 aliphatic carbocycles. The number of tetrazole rings is 1. The first-order valence-corrected chi connectivity index (χ1v) is 9.28. The van der Waals surface area contributed by atoms with E-state index in [1.165, 1.54) is 40.7 Å². The maximum absolute atomic E-state index is 13.3. The van der Waals surface area contributed by atoms with Crippen molar-refractivity contribution >= 4 is 17.7 Å². The van der Waals surface area contributed by atoms with Crippen molar-refractivity contribution in [1.82, 2.24) is 25.1 Å². The van der Waals surface area contributed by atoms with Gasteiger partial charge in [-0.25, -0.2) is 4.39 Å². The fourth-order valence-electron chi connectivity index (χ4n) is 2.47. The molecule has 27 heavy (non-hydrogen) atoms. The molecule has 1 heterocycles. The number of rotatable bonds is 7. The predicted molar refractivity (Wildman–Crippen MR) is 99.0 cm³/mol. The minimum absolute atomic E-state index is 0.0907. The summed E-state index contributed by atoms with van der Waals surface area (Å²) in [4.78, 5) is 14.2. The molecule has 3 rings (SSSR count). The number of carbonyl (C=O) groups is 1. The van der Waals surface area contributed by atoms with Crippen LogP contribution in [0.25, 0.3) is 5.69 Å². The number of phenols is 1. The van der Waals surface area contributed by atoms with Crippen LogP contribution >= 0.6 is 11.8 Å². The van der Waals surface area contributed by atoms with E-state index < -0.39 is 0 Å². The van der Waals surface area contributed by atoms with Gasteiger partial charge in [0.15, 0.2) is 0 Å². The minimum Gasteiger partial charge on any atom is -0.508 e. The number of carbonyl (C=O) groups excluding carboxylic acids is 1. The van der Waals surface area contributed by atoms with Crippen molar-refractivity contribution in [2.75, 3.05) is 12.3 Å². The van der Waals surface area contributed by atoms with Gasteiger partial charge in [0.25, 0.3) is 0 Å². The lowest BCUT2D eigenvalue weighted by Crippen LogP contribution is -2.31. The Hall–Kier alpha value is -2.94. The normalized spacial score (nSPS) is 10.7. The number of amides is 1. The van der Waals surface area contributed by atoms with Crippen LogP contribution in [0.5, 0.6) is 5.75 Å². The van der Waals surface area contributed by atoms with Crippen molar-refractivity contribution in [3.8, 4) is 11.4 Å². The van der Waals surface area contributed by atoms with Crippen LogP contribution in [-0.2, 0) is 11.3 Å². The Bertz CT molecular complexity index is 916. The summed E-state index contributed by atoms with van der Waals surface area (Å²) in [6.45, 7) is 2.73. The number of halogens is 1. The lowest BCUT2D eigenvalue weighted by atomic mass is 10.2. The first-order chi connectivity index (χ1) is 13.1. The molecule has 2 aromatic carbocycles. The molecule has 1 aromatic heterocycles. The fourth-order valence-corrected chi connectivity index (χ4v) is 3.27. The second-order valence-electron chi connectivity index (χ2n) is 5.72. The molecule has 9 heteroatoms. The van der Waals surface area contributed by atoms with E-state index in [1.807, 2.05) is 6.92 Å². The molecule has 0 bridgehead atoms. The molecule has 0 aliphatic heterocycles. The Morgan fingerprint density at radius 3 is 2.74 bits per heavy atom. The Kier molecular flexibility index (Phi) is 6.02. The van der Waals surface area contributed by atoms with Crippen LogP contribution in [0, 0.1) is 5.82 Å². The monoisotopic (exact) mass is 387 g/mol. The SMILES string of the molecule is CCN(Cc1cccc(F)c1)C(=O)CSc1nnnn1-c1ccc(O)cc1. The van der Waals surface area contributed by atoms with Gasteiger partial charge in [0.05, 0.1) is 11.4 Å². The second kappa shape index (κ2) is 8.63. The summed E-state index contributed by atoms with van der Waals surface area (Å²) in [6.07, 6.45) is 0. The van der Waals surface area contributed by atoms with Crippen molar-refractivity contribution in [2.45, 2.75) is 18.6 Å². The van der Waals surface area contributed by atoms with Crippen LogP contribution in [0.2, 0.25) is 0 Å². The highest BCUT2D eigenvalue weighted by atomic mass is 32.2. The van der Waals surface area contributed by atoms with Gasteiger partial charge in [-0.15, -0.1) is 5.10 Å². The van der Waals surface area contributed by atoms with Crippen molar-refractivity contribution in [3.63, 3.8) is 0 Å². The molecule has 0 atom stereocenters. The van der Waals surface area contributed by atoms with E-state index in [-0.39, 0.29) is 23.2 Å². The van der Waals surface area contributed by atoms with Gasteiger partial charge in [0.2, 0.25) is 11.1 Å². The molecule has 0 saturated heterocycles. The van der Waals surface area contributed by atoms with E-state index in [2.05, 4.69) is 15.5 Å². The van der Waals surface area contributed by atoms with E-state index in [0.717, 1.165) is 5.56 Å². The summed E-state index contributed by atoms with van der Waals surface area (Å²) in [7, 11) is 0. The molecule has 1 N–H and O–H groups in total. The molecule has 0 fully saturated rings. The molecule has 140 valence electrons. The largest absolute Gasteiger partial charge is 0.508 e. The molecular weight excluding hydrogens is 369 g/mol. The molecule has 7 nitrogen and oxygen atoms in total. The third-order valence-corrected chi connectivity index (χ3v) is 4.76. The summed E-state index contributed by atoms with van der Waals surface area (Å²) in [5, 5.41) is 21.4. The molecule has 0 spiro atoms. The highest BCUT2D eigenvalue weighted by Gasteiger charge is 2.16. The average molecular weight is 387 g/mol. The maximum atomic E-state index is 13.3. The molecule has 3 aromatic rings. The number of aromatic hydroxyl groups is 1. The van der Waals surface area contributed by atoms with Crippen molar-refractivity contribution in [3.05, 3.63) is 59.9 Å². The molecule has 1 amide bonds. The highest BCUT2D eigenvalue weighted by Crippen LogP contribution is 2.20. The van der Waals surface area contributed by atoms with E-state index in [1.54, 1.807) is 29.2 Å². The first-order valence-electron chi connectivity index (χ1n) is 8.29. The highest BCUT2D eigenvalue weighted by molar-refractivity contribution is 7.99. The number of benzene rings is 2. The van der Waals surface area contributed by atoms with Gasteiger partial charge >= 0.3 is 0 Å². The van der Waals surface area contributed by atoms with Gasteiger partial charge in [-0.3, -0.25) is 4.79 Å². The Labute approximate surface area is 159 Å². The summed E-state index contributed by atoms with van der Waals surface area (Å²) in [5.74, 6) is -0.112. The van der Waals surface area contributed by atoms with Gasteiger partial charge in [-0.2, -0.15) is 4.68 Å². The molecular formula is C18H18FN5O2S. The number of nitrogens with zero attached hydrogens (tertiary/aromatic N) is 5. The van der Waals surface area contributed by atoms with Crippen LogP contribution in [0.1, 0.15) is 12.5 Å². The Morgan fingerprint density at radius 2 is 2.04 bits per heavy atom. The summed E-state index contributed by atoms with van der Waals surface area (Å²) in [5.41, 5.74) is 1.42. The average Bonchev–Trinajstić information content (AvgIpc) is 3.13. The van der Waals surface area contributed by atoms with Gasteiger partial charge < -0.3 is 10.0 Å². The zero-order valence-electron chi connectivity index (χ0n) is 14.6. The van der Waals surface area contributed by atoms with Gasteiger partial charge in [-0.05, 0) is 59.3 Å². The van der Waals surface area contributed by atoms with E-state index in [0.29, 0.717) is 23.9 Å². The van der Waals surface area contributed by atoms with Crippen molar-refractivity contribution < 1.29 is 14.3 Å². The third-order valence-electron chi connectivity index (χ3n) is 3.86. The van der Waals surface area contributed by atoms with Gasteiger partial charge in [-0.1, -0.05) is 23.9 Å². The van der Waals surface area contributed by atoms with E-state index in [9.17, 15) is 14.3 Å². The smallest absolute Gasteiger partial charge is 0.233 e. The Balaban J connectivity index is 1.65. The number of hydrogen-bond acceptors (Lipinski definition) is 6. The zero-order chi connectivity index (χ0) is 19.2. The molecule has 0 saturated carbocycles. The number of thioether (sulfide) groups is 1. The van der Waals surface area contributed by atoms with Crippen molar-refractivity contribution in [1.29, 1.82) is 0 Å². The molecule has 0 unspecified atom stereocenters. The lowest BCUT2D eigenvalue weighted by molar-refractivity contribution is -0.128. The third kappa shape index (κ3) is 4.82. The number of aromatic nitrogens is 4. The fraction of sp³-hybridized carbons (Fsp3) is 0.222. The lowest BCUT2D eigenvalue weighted by Gasteiger charge is -2.20. The first kappa shape index (κ1) is 18.8.